The second-order valence-corrected chi connectivity index (χ2v) is 15.3. The van der Waals surface area contributed by atoms with Crippen LogP contribution in [0.2, 0.25) is 0 Å². The number of hydrogen-bond acceptors (Lipinski definition) is 1. The van der Waals surface area contributed by atoms with Gasteiger partial charge in [0.2, 0.25) is 0 Å². The van der Waals surface area contributed by atoms with Gasteiger partial charge in [0.25, 0.3) is 0 Å². The molecule has 0 atom stereocenters. The zero-order valence-electron chi connectivity index (χ0n) is 31.0. The summed E-state index contributed by atoms with van der Waals surface area (Å²) in [4.78, 5) is 2.51. The van der Waals surface area contributed by atoms with E-state index in [0.29, 0.717) is 0 Å². The van der Waals surface area contributed by atoms with Gasteiger partial charge in [0.1, 0.15) is 0 Å². The van der Waals surface area contributed by atoms with Gasteiger partial charge in [0.15, 0.2) is 0 Å². The van der Waals surface area contributed by atoms with Crippen LogP contribution in [0.5, 0.6) is 0 Å². The number of anilines is 2. The van der Waals surface area contributed by atoms with E-state index in [0.717, 1.165) is 11.4 Å². The third kappa shape index (κ3) is 4.39. The fraction of sp³-hybridized carbons (Fsp3) is 0.0943. The SMILES string of the molecule is C=C/C=C1\C(=C(/C)N(c2ccc(-c3ccccc3)cc2)c2ccc3c(c2)C(C)(C)c2ccccc2-3)C2(c3ccccc31)c1ccccc1-c1ccccc12. The molecular weight excluding hydrogens is 651 g/mol. The van der Waals surface area contributed by atoms with Crippen molar-refractivity contribution in [2.75, 3.05) is 4.90 Å². The molecule has 0 N–H and O–H groups in total. The first kappa shape index (κ1) is 32.2. The van der Waals surface area contributed by atoms with Crippen molar-refractivity contribution in [3.05, 3.63) is 233 Å². The lowest BCUT2D eigenvalue weighted by Crippen LogP contribution is -2.30. The van der Waals surface area contributed by atoms with Gasteiger partial charge >= 0.3 is 0 Å². The molecule has 0 saturated heterocycles. The molecule has 0 heterocycles. The molecule has 1 nitrogen and oxygen atoms in total. The molecule has 10 rings (SSSR count). The van der Waals surface area contributed by atoms with E-state index in [1.165, 1.54) is 83.6 Å². The lowest BCUT2D eigenvalue weighted by Gasteiger charge is -2.36. The van der Waals surface area contributed by atoms with Crippen molar-refractivity contribution in [3.63, 3.8) is 0 Å². The van der Waals surface area contributed by atoms with Gasteiger partial charge in [-0.1, -0.05) is 178 Å². The van der Waals surface area contributed by atoms with Crippen molar-refractivity contribution in [1.82, 2.24) is 0 Å². The first-order valence-corrected chi connectivity index (χ1v) is 19.0. The summed E-state index contributed by atoms with van der Waals surface area (Å²) < 4.78 is 0. The smallest absolute Gasteiger partial charge is 0.0742 e. The van der Waals surface area contributed by atoms with Gasteiger partial charge < -0.3 is 4.90 Å². The van der Waals surface area contributed by atoms with Crippen LogP contribution in [0.1, 0.15) is 54.2 Å². The highest BCUT2D eigenvalue weighted by Gasteiger charge is 2.54. The molecule has 0 bridgehead atoms. The van der Waals surface area contributed by atoms with Crippen molar-refractivity contribution in [1.29, 1.82) is 0 Å². The van der Waals surface area contributed by atoms with Crippen LogP contribution in [0.4, 0.5) is 11.4 Å². The van der Waals surface area contributed by atoms with E-state index in [1.54, 1.807) is 0 Å². The molecule has 0 aliphatic heterocycles. The number of nitrogens with zero attached hydrogens (tertiary/aromatic N) is 1. The van der Waals surface area contributed by atoms with Crippen LogP contribution in [0, 0.1) is 0 Å². The van der Waals surface area contributed by atoms with Gasteiger partial charge in [0.05, 0.1) is 5.41 Å². The minimum Gasteiger partial charge on any atom is -0.314 e. The topological polar surface area (TPSA) is 3.24 Å². The highest BCUT2D eigenvalue weighted by molar-refractivity contribution is 6.01. The molecule has 0 aromatic heterocycles. The molecule has 1 heteroatoms. The highest BCUT2D eigenvalue weighted by Crippen LogP contribution is 2.65. The fourth-order valence-electron chi connectivity index (χ4n) is 9.98. The maximum Gasteiger partial charge on any atom is 0.0742 e. The predicted octanol–water partition coefficient (Wildman–Crippen LogP) is 13.7. The molecule has 1 spiro atoms. The molecule has 258 valence electrons. The van der Waals surface area contributed by atoms with Gasteiger partial charge in [-0.05, 0) is 109 Å². The standard InChI is InChI=1S/C53H41N/c1-5-17-45-43-23-12-16-27-49(43)53(47-25-14-10-21-41(47)42-22-11-15-26-48(42)53)51(45)35(2)54(38-30-28-37(29-31-38)36-18-7-6-8-19-36)39-32-33-44-40-20-9-13-24-46(40)52(3,4)50(44)34-39/h5-34H,1H2,2-4H3/b45-17-,51-35-. The molecule has 7 aromatic rings. The molecule has 3 aliphatic rings. The fourth-order valence-corrected chi connectivity index (χ4v) is 9.98. The Morgan fingerprint density at radius 2 is 0.944 bits per heavy atom. The summed E-state index contributed by atoms with van der Waals surface area (Å²) >= 11 is 0. The Hall–Kier alpha value is -6.44. The van der Waals surface area contributed by atoms with E-state index in [4.69, 9.17) is 0 Å². The lowest BCUT2D eigenvalue weighted by atomic mass is 9.69. The van der Waals surface area contributed by atoms with Gasteiger partial charge in [-0.2, -0.15) is 0 Å². The Kier molecular flexibility index (Phi) is 7.19. The zero-order chi connectivity index (χ0) is 36.6. The minimum atomic E-state index is -0.517. The number of hydrogen-bond donors (Lipinski definition) is 0. The van der Waals surface area contributed by atoms with Crippen molar-refractivity contribution in [2.24, 2.45) is 0 Å². The number of rotatable bonds is 5. The van der Waals surface area contributed by atoms with Crippen LogP contribution in [-0.4, -0.2) is 0 Å². The molecule has 0 radical (unpaired) electrons. The summed E-state index contributed by atoms with van der Waals surface area (Å²) in [7, 11) is 0. The number of allylic oxidation sites excluding steroid dienone is 5. The van der Waals surface area contributed by atoms with Crippen LogP contribution < -0.4 is 4.90 Å². The molecular formula is C53H41N. The predicted molar refractivity (Wildman–Crippen MR) is 227 cm³/mol. The van der Waals surface area contributed by atoms with E-state index in [9.17, 15) is 0 Å². The molecule has 3 aliphatic carbocycles. The Morgan fingerprint density at radius 1 is 0.481 bits per heavy atom. The summed E-state index contributed by atoms with van der Waals surface area (Å²) in [5.41, 5.74) is 20.9. The maximum absolute atomic E-state index is 4.26. The van der Waals surface area contributed by atoms with E-state index in [-0.39, 0.29) is 5.41 Å². The van der Waals surface area contributed by atoms with Gasteiger partial charge in [0, 0.05) is 22.5 Å². The van der Waals surface area contributed by atoms with Crippen molar-refractivity contribution in [2.45, 2.75) is 31.6 Å². The zero-order valence-corrected chi connectivity index (χ0v) is 31.0. The maximum atomic E-state index is 4.26. The molecule has 0 unspecified atom stereocenters. The van der Waals surface area contributed by atoms with Crippen molar-refractivity contribution >= 4 is 16.9 Å². The quantitative estimate of drug-likeness (QED) is 0.174. The number of fused-ring (bicyclic) bond motifs is 10. The van der Waals surface area contributed by atoms with E-state index >= 15 is 0 Å². The first-order chi connectivity index (χ1) is 26.4. The van der Waals surface area contributed by atoms with Crippen LogP contribution >= 0.6 is 0 Å². The second kappa shape index (κ2) is 12.0. The summed E-state index contributed by atoms with van der Waals surface area (Å²) in [5, 5.41) is 0. The Bertz CT molecular complexity index is 2660. The second-order valence-electron chi connectivity index (χ2n) is 15.3. The largest absolute Gasteiger partial charge is 0.314 e. The first-order valence-electron chi connectivity index (χ1n) is 19.0. The van der Waals surface area contributed by atoms with Gasteiger partial charge in [-0.25, -0.2) is 0 Å². The molecule has 0 fully saturated rings. The summed E-state index contributed by atoms with van der Waals surface area (Å²) in [6.07, 6.45) is 4.19. The Balaban J connectivity index is 1.28. The summed E-state index contributed by atoms with van der Waals surface area (Å²) in [5.74, 6) is 0. The molecule has 0 amide bonds. The monoisotopic (exact) mass is 691 g/mol. The Morgan fingerprint density at radius 3 is 1.56 bits per heavy atom. The van der Waals surface area contributed by atoms with Crippen LogP contribution in [0.15, 0.2) is 200 Å². The average molecular weight is 692 g/mol. The van der Waals surface area contributed by atoms with E-state index in [1.807, 2.05) is 6.08 Å². The molecule has 7 aromatic carbocycles. The van der Waals surface area contributed by atoms with Crippen LogP contribution in [0.3, 0.4) is 0 Å². The Labute approximate surface area is 318 Å². The highest BCUT2D eigenvalue weighted by atomic mass is 15.1. The van der Waals surface area contributed by atoms with Crippen molar-refractivity contribution in [3.8, 4) is 33.4 Å². The van der Waals surface area contributed by atoms with Crippen LogP contribution in [0.25, 0.3) is 39.0 Å². The van der Waals surface area contributed by atoms with Gasteiger partial charge in [-0.3, -0.25) is 0 Å². The minimum absolute atomic E-state index is 0.131. The van der Waals surface area contributed by atoms with Crippen molar-refractivity contribution < 1.29 is 0 Å². The summed E-state index contributed by atoms with van der Waals surface area (Å²) in [6.45, 7) is 11.3. The van der Waals surface area contributed by atoms with Crippen LogP contribution in [-0.2, 0) is 10.8 Å². The molecule has 54 heavy (non-hydrogen) atoms. The lowest BCUT2D eigenvalue weighted by molar-refractivity contribution is 0.660. The van der Waals surface area contributed by atoms with E-state index < -0.39 is 5.41 Å². The molecule has 0 saturated carbocycles. The number of benzene rings is 7. The normalized spacial score (nSPS) is 16.7. The average Bonchev–Trinajstić information content (AvgIpc) is 3.77. The third-order valence-electron chi connectivity index (χ3n) is 12.3. The van der Waals surface area contributed by atoms with Gasteiger partial charge in [-0.15, -0.1) is 0 Å². The van der Waals surface area contributed by atoms with E-state index in [2.05, 4.69) is 208 Å². The third-order valence-corrected chi connectivity index (χ3v) is 12.3. The summed E-state index contributed by atoms with van der Waals surface area (Å²) in [6, 6.07) is 62.9.